The first kappa shape index (κ1) is 13.4. The maximum absolute atomic E-state index is 9.08. The first-order valence-corrected chi connectivity index (χ1v) is 6.71. The summed E-state index contributed by atoms with van der Waals surface area (Å²) in [5, 5.41) is 12.6. The molecule has 0 radical (unpaired) electrons. The monoisotopic (exact) mass is 248 g/mol. The van der Waals surface area contributed by atoms with E-state index in [0.29, 0.717) is 6.04 Å². The van der Waals surface area contributed by atoms with Gasteiger partial charge in [0.2, 0.25) is 0 Å². The number of benzene rings is 1. The van der Waals surface area contributed by atoms with E-state index in [9.17, 15) is 0 Å². The number of aliphatic hydroxyl groups is 1. The Morgan fingerprint density at radius 3 is 2.61 bits per heavy atom. The summed E-state index contributed by atoms with van der Waals surface area (Å²) in [6.07, 6.45) is 0.818. The Bertz CT molecular complexity index is 386. The predicted octanol–water partition coefficient (Wildman–Crippen LogP) is 1.93. The van der Waals surface area contributed by atoms with Crippen LogP contribution >= 0.6 is 0 Å². The summed E-state index contributed by atoms with van der Waals surface area (Å²) < 4.78 is 0. The molecule has 3 nitrogen and oxygen atoms in total. The summed E-state index contributed by atoms with van der Waals surface area (Å²) in [6, 6.07) is 9.09. The van der Waals surface area contributed by atoms with Gasteiger partial charge in [0, 0.05) is 37.0 Å². The van der Waals surface area contributed by atoms with E-state index >= 15 is 0 Å². The van der Waals surface area contributed by atoms with Gasteiger partial charge in [-0.1, -0.05) is 17.7 Å². The first-order chi connectivity index (χ1) is 8.53. The molecule has 1 aromatic rings. The SMILES string of the molecule is Cc1ccc(N2CC(CCO)NCC2(C)C)cc1. The van der Waals surface area contributed by atoms with Gasteiger partial charge in [-0.2, -0.15) is 0 Å². The number of aryl methyl sites for hydroxylation is 1. The molecule has 1 aliphatic rings. The predicted molar refractivity (Wildman–Crippen MR) is 76.1 cm³/mol. The second kappa shape index (κ2) is 5.29. The van der Waals surface area contributed by atoms with Gasteiger partial charge < -0.3 is 15.3 Å². The number of hydrogen-bond acceptors (Lipinski definition) is 3. The highest BCUT2D eigenvalue weighted by atomic mass is 16.3. The van der Waals surface area contributed by atoms with Crippen LogP contribution in [0, 0.1) is 6.92 Å². The van der Waals surface area contributed by atoms with Crippen molar-refractivity contribution in [3.8, 4) is 0 Å². The average molecular weight is 248 g/mol. The Hall–Kier alpha value is -1.06. The lowest BCUT2D eigenvalue weighted by atomic mass is 9.95. The molecule has 0 spiro atoms. The van der Waals surface area contributed by atoms with Crippen LogP contribution in [0.4, 0.5) is 5.69 Å². The zero-order valence-electron chi connectivity index (χ0n) is 11.6. The Kier molecular flexibility index (Phi) is 3.93. The molecule has 2 N–H and O–H groups in total. The maximum Gasteiger partial charge on any atom is 0.0471 e. The van der Waals surface area contributed by atoms with Gasteiger partial charge in [0.05, 0.1) is 0 Å². The van der Waals surface area contributed by atoms with Gasteiger partial charge in [0.1, 0.15) is 0 Å². The quantitative estimate of drug-likeness (QED) is 0.858. The maximum atomic E-state index is 9.08. The highest BCUT2D eigenvalue weighted by molar-refractivity contribution is 5.50. The second-order valence-electron chi connectivity index (χ2n) is 5.85. The number of aliphatic hydroxyl groups excluding tert-OH is 1. The smallest absolute Gasteiger partial charge is 0.0471 e. The fourth-order valence-electron chi connectivity index (χ4n) is 2.55. The van der Waals surface area contributed by atoms with Crippen molar-refractivity contribution in [1.29, 1.82) is 0 Å². The molecule has 1 heterocycles. The van der Waals surface area contributed by atoms with Crippen molar-refractivity contribution in [2.24, 2.45) is 0 Å². The highest BCUT2D eigenvalue weighted by Crippen LogP contribution is 2.27. The normalized spacial score (nSPS) is 23.1. The minimum absolute atomic E-state index is 0.112. The molecule has 1 aromatic carbocycles. The minimum Gasteiger partial charge on any atom is -0.396 e. The van der Waals surface area contributed by atoms with E-state index in [4.69, 9.17) is 5.11 Å². The lowest BCUT2D eigenvalue weighted by molar-refractivity contribution is 0.239. The van der Waals surface area contributed by atoms with E-state index in [-0.39, 0.29) is 12.1 Å². The number of piperazine rings is 1. The van der Waals surface area contributed by atoms with Gasteiger partial charge in [0.15, 0.2) is 0 Å². The zero-order chi connectivity index (χ0) is 13.2. The summed E-state index contributed by atoms with van der Waals surface area (Å²) in [7, 11) is 0. The average Bonchev–Trinajstić information content (AvgIpc) is 2.33. The number of nitrogens with zero attached hydrogens (tertiary/aromatic N) is 1. The van der Waals surface area contributed by atoms with Crippen molar-refractivity contribution in [3.63, 3.8) is 0 Å². The van der Waals surface area contributed by atoms with Gasteiger partial charge in [-0.15, -0.1) is 0 Å². The van der Waals surface area contributed by atoms with E-state index < -0.39 is 0 Å². The van der Waals surface area contributed by atoms with E-state index in [0.717, 1.165) is 19.5 Å². The second-order valence-corrected chi connectivity index (χ2v) is 5.85. The molecule has 0 aromatic heterocycles. The molecule has 0 saturated carbocycles. The van der Waals surface area contributed by atoms with Crippen molar-refractivity contribution in [2.45, 2.75) is 38.8 Å². The fourth-order valence-corrected chi connectivity index (χ4v) is 2.55. The lowest BCUT2D eigenvalue weighted by Crippen LogP contribution is -2.62. The van der Waals surface area contributed by atoms with Gasteiger partial charge in [-0.3, -0.25) is 0 Å². The van der Waals surface area contributed by atoms with E-state index in [1.54, 1.807) is 0 Å². The molecule has 18 heavy (non-hydrogen) atoms. The van der Waals surface area contributed by atoms with E-state index in [1.165, 1.54) is 11.3 Å². The van der Waals surface area contributed by atoms with Crippen LogP contribution in [0.2, 0.25) is 0 Å². The molecule has 100 valence electrons. The molecular formula is C15H24N2O. The molecule has 0 bridgehead atoms. The Balaban J connectivity index is 2.18. The number of hydrogen-bond donors (Lipinski definition) is 2. The van der Waals surface area contributed by atoms with Crippen LogP contribution in [0.25, 0.3) is 0 Å². The largest absolute Gasteiger partial charge is 0.396 e. The third-order valence-corrected chi connectivity index (χ3v) is 3.78. The summed E-state index contributed by atoms with van der Waals surface area (Å²) in [5.74, 6) is 0. The summed E-state index contributed by atoms with van der Waals surface area (Å²) in [4.78, 5) is 2.45. The van der Waals surface area contributed by atoms with Crippen molar-refractivity contribution < 1.29 is 5.11 Å². The number of anilines is 1. The van der Waals surface area contributed by atoms with Gasteiger partial charge >= 0.3 is 0 Å². The molecule has 1 saturated heterocycles. The molecule has 0 amide bonds. The third-order valence-electron chi connectivity index (χ3n) is 3.78. The molecule has 1 fully saturated rings. The number of rotatable bonds is 3. The lowest BCUT2D eigenvalue weighted by Gasteiger charge is -2.47. The highest BCUT2D eigenvalue weighted by Gasteiger charge is 2.33. The van der Waals surface area contributed by atoms with E-state index in [1.807, 2.05) is 0 Å². The third kappa shape index (κ3) is 2.85. The van der Waals surface area contributed by atoms with Crippen LogP contribution in [0.5, 0.6) is 0 Å². The Morgan fingerprint density at radius 2 is 2.00 bits per heavy atom. The van der Waals surface area contributed by atoms with Crippen LogP contribution in [0.1, 0.15) is 25.8 Å². The molecular weight excluding hydrogens is 224 g/mol. The molecule has 1 atom stereocenters. The summed E-state index contributed by atoms with van der Waals surface area (Å²) in [6.45, 7) is 8.79. The van der Waals surface area contributed by atoms with Gasteiger partial charge in [-0.25, -0.2) is 0 Å². The van der Waals surface area contributed by atoms with Crippen LogP contribution in [0.3, 0.4) is 0 Å². The summed E-state index contributed by atoms with van der Waals surface area (Å²) >= 11 is 0. The molecule has 3 heteroatoms. The molecule has 2 rings (SSSR count). The fraction of sp³-hybridized carbons (Fsp3) is 0.600. The minimum atomic E-state index is 0.112. The van der Waals surface area contributed by atoms with Crippen LogP contribution in [0.15, 0.2) is 24.3 Å². The Labute approximate surface area is 110 Å². The topological polar surface area (TPSA) is 35.5 Å². The van der Waals surface area contributed by atoms with Gasteiger partial charge in [-0.05, 0) is 39.3 Å². The van der Waals surface area contributed by atoms with Crippen LogP contribution in [-0.4, -0.2) is 36.4 Å². The van der Waals surface area contributed by atoms with Gasteiger partial charge in [0.25, 0.3) is 0 Å². The van der Waals surface area contributed by atoms with Crippen LogP contribution < -0.4 is 10.2 Å². The molecule has 1 aliphatic heterocycles. The van der Waals surface area contributed by atoms with Crippen molar-refractivity contribution >= 4 is 5.69 Å². The van der Waals surface area contributed by atoms with Crippen molar-refractivity contribution in [2.75, 3.05) is 24.6 Å². The summed E-state index contributed by atoms with van der Waals surface area (Å²) in [5.41, 5.74) is 2.68. The molecule has 0 aliphatic carbocycles. The zero-order valence-corrected chi connectivity index (χ0v) is 11.6. The van der Waals surface area contributed by atoms with Crippen molar-refractivity contribution in [3.05, 3.63) is 29.8 Å². The number of nitrogens with one attached hydrogen (secondary N) is 1. The van der Waals surface area contributed by atoms with Crippen molar-refractivity contribution in [1.82, 2.24) is 5.32 Å². The Morgan fingerprint density at radius 1 is 1.33 bits per heavy atom. The first-order valence-electron chi connectivity index (χ1n) is 6.71. The van der Waals surface area contributed by atoms with E-state index in [2.05, 4.69) is 55.3 Å². The molecule has 1 unspecified atom stereocenters. The van der Waals surface area contributed by atoms with Crippen LogP contribution in [-0.2, 0) is 0 Å². The standard InChI is InChI=1S/C15H24N2O/c1-12-4-6-14(7-5-12)17-10-13(8-9-18)16-11-15(17,2)3/h4-7,13,16,18H,8-11H2,1-3H3.